The van der Waals surface area contributed by atoms with E-state index in [1.807, 2.05) is 30.5 Å². The molecule has 1 saturated carbocycles. The van der Waals surface area contributed by atoms with E-state index in [1.54, 1.807) is 4.90 Å². The largest absolute Gasteiger partial charge is 0.391 e. The molecule has 2 atom stereocenters. The standard InChI is InChI=1S/C19H23N3O2/c23-18-12-22(19(24)10-21-15-5-6-15)11-14(18)9-13-7-8-20-17-4-2-1-3-16(13)17/h1-4,7-8,14-15,18,21,23H,5-6,9-12H2/t14-,18+/m1/s1. The molecule has 2 heterocycles. The van der Waals surface area contributed by atoms with Gasteiger partial charge in [0.2, 0.25) is 5.91 Å². The molecule has 5 nitrogen and oxygen atoms in total. The number of para-hydroxylation sites is 1. The number of carbonyl (C=O) groups excluding carboxylic acids is 1. The van der Waals surface area contributed by atoms with E-state index < -0.39 is 6.10 Å². The minimum Gasteiger partial charge on any atom is -0.391 e. The molecule has 0 spiro atoms. The first-order valence-corrected chi connectivity index (χ1v) is 8.72. The number of hydrogen-bond donors (Lipinski definition) is 2. The second kappa shape index (κ2) is 6.49. The normalized spacial score (nSPS) is 23.8. The fourth-order valence-corrected chi connectivity index (χ4v) is 3.50. The van der Waals surface area contributed by atoms with Gasteiger partial charge in [-0.25, -0.2) is 0 Å². The third-order valence-electron chi connectivity index (χ3n) is 5.10. The second-order valence-corrected chi connectivity index (χ2v) is 6.97. The molecule has 5 heteroatoms. The average Bonchev–Trinajstić information content (AvgIpc) is 3.36. The molecule has 0 bridgehead atoms. The number of pyridine rings is 1. The molecule has 1 aromatic heterocycles. The zero-order chi connectivity index (χ0) is 16.5. The second-order valence-electron chi connectivity index (χ2n) is 6.97. The van der Waals surface area contributed by atoms with Crippen molar-refractivity contribution in [1.82, 2.24) is 15.2 Å². The minimum absolute atomic E-state index is 0.0840. The van der Waals surface area contributed by atoms with Crippen LogP contribution in [-0.4, -0.2) is 52.7 Å². The Hall–Kier alpha value is -1.98. The Morgan fingerprint density at radius 3 is 2.92 bits per heavy atom. The highest BCUT2D eigenvalue weighted by Gasteiger charge is 2.34. The number of fused-ring (bicyclic) bond motifs is 1. The summed E-state index contributed by atoms with van der Waals surface area (Å²) in [5.41, 5.74) is 2.17. The molecular weight excluding hydrogens is 302 g/mol. The molecule has 1 aliphatic carbocycles. The van der Waals surface area contributed by atoms with Crippen LogP contribution in [0.2, 0.25) is 0 Å². The first-order valence-electron chi connectivity index (χ1n) is 8.72. The van der Waals surface area contributed by atoms with Crippen LogP contribution in [0, 0.1) is 5.92 Å². The van der Waals surface area contributed by atoms with Crippen LogP contribution >= 0.6 is 0 Å². The van der Waals surface area contributed by atoms with Gasteiger partial charge in [0.05, 0.1) is 18.2 Å². The molecule has 2 fully saturated rings. The van der Waals surface area contributed by atoms with E-state index in [1.165, 1.54) is 18.4 Å². The quantitative estimate of drug-likeness (QED) is 0.871. The molecule has 126 valence electrons. The molecule has 2 aromatic rings. The summed E-state index contributed by atoms with van der Waals surface area (Å²) in [5, 5.41) is 14.8. The predicted octanol–water partition coefficient (Wildman–Crippen LogP) is 1.35. The van der Waals surface area contributed by atoms with E-state index in [-0.39, 0.29) is 11.8 Å². The number of hydrogen-bond acceptors (Lipinski definition) is 4. The molecule has 1 saturated heterocycles. The maximum absolute atomic E-state index is 12.3. The van der Waals surface area contributed by atoms with E-state index in [0.29, 0.717) is 25.7 Å². The highest BCUT2D eigenvalue weighted by Crippen LogP contribution is 2.25. The van der Waals surface area contributed by atoms with E-state index in [9.17, 15) is 9.90 Å². The molecule has 4 rings (SSSR count). The van der Waals surface area contributed by atoms with Gasteiger partial charge < -0.3 is 15.3 Å². The summed E-state index contributed by atoms with van der Waals surface area (Å²) in [4.78, 5) is 18.5. The van der Waals surface area contributed by atoms with Crippen LogP contribution in [0.15, 0.2) is 36.5 Å². The summed E-state index contributed by atoms with van der Waals surface area (Å²) in [7, 11) is 0. The first kappa shape index (κ1) is 15.5. The lowest BCUT2D eigenvalue weighted by Gasteiger charge is -2.17. The number of carbonyl (C=O) groups is 1. The van der Waals surface area contributed by atoms with Crippen molar-refractivity contribution in [2.24, 2.45) is 5.92 Å². The Bertz CT molecular complexity index is 739. The summed E-state index contributed by atoms with van der Waals surface area (Å²) in [5.74, 6) is 0.184. The first-order chi connectivity index (χ1) is 11.7. The SMILES string of the molecule is O=C(CNC1CC1)N1C[C@@H](Cc2ccnc3ccccc23)[C@@H](O)C1. The number of likely N-dealkylation sites (tertiary alicyclic amines) is 1. The van der Waals surface area contributed by atoms with Crippen LogP contribution in [-0.2, 0) is 11.2 Å². The average molecular weight is 325 g/mol. The minimum atomic E-state index is -0.457. The lowest BCUT2D eigenvalue weighted by atomic mass is 9.94. The van der Waals surface area contributed by atoms with Crippen molar-refractivity contribution < 1.29 is 9.90 Å². The lowest BCUT2D eigenvalue weighted by molar-refractivity contribution is -0.129. The van der Waals surface area contributed by atoms with Gasteiger partial charge in [0.25, 0.3) is 0 Å². The summed E-state index contributed by atoms with van der Waals surface area (Å²) in [6.45, 7) is 1.46. The van der Waals surface area contributed by atoms with Gasteiger partial charge in [-0.3, -0.25) is 9.78 Å². The van der Waals surface area contributed by atoms with Crippen LogP contribution in [0.25, 0.3) is 10.9 Å². The zero-order valence-electron chi connectivity index (χ0n) is 13.7. The lowest BCUT2D eigenvalue weighted by Crippen LogP contribution is -2.38. The Labute approximate surface area is 141 Å². The number of aliphatic hydroxyl groups excluding tert-OH is 1. The molecule has 1 aliphatic heterocycles. The molecule has 2 aliphatic rings. The Morgan fingerprint density at radius 2 is 2.08 bits per heavy atom. The fourth-order valence-electron chi connectivity index (χ4n) is 3.50. The molecular formula is C19H23N3O2. The third kappa shape index (κ3) is 3.28. The summed E-state index contributed by atoms with van der Waals surface area (Å²) in [6, 6.07) is 10.6. The fraction of sp³-hybridized carbons (Fsp3) is 0.474. The van der Waals surface area contributed by atoms with Gasteiger partial charge in [-0.1, -0.05) is 18.2 Å². The maximum atomic E-state index is 12.3. The van der Waals surface area contributed by atoms with Gasteiger partial charge in [0.15, 0.2) is 0 Å². The number of amides is 1. The number of benzene rings is 1. The summed E-state index contributed by atoms with van der Waals surface area (Å²) in [6.07, 6.45) is 4.48. The van der Waals surface area contributed by atoms with Gasteiger partial charge >= 0.3 is 0 Å². The number of β-amino-alcohol motifs (C(OH)–C–C–N with tert-alkyl or cyclic N) is 1. The highest BCUT2D eigenvalue weighted by atomic mass is 16.3. The summed E-state index contributed by atoms with van der Waals surface area (Å²) >= 11 is 0. The zero-order valence-corrected chi connectivity index (χ0v) is 13.7. The Kier molecular flexibility index (Phi) is 4.21. The Balaban J connectivity index is 1.43. The monoisotopic (exact) mass is 325 g/mol. The smallest absolute Gasteiger partial charge is 0.236 e. The van der Waals surface area contributed by atoms with Gasteiger partial charge in [-0.05, 0) is 37.0 Å². The van der Waals surface area contributed by atoms with Crippen molar-refractivity contribution in [3.8, 4) is 0 Å². The molecule has 1 aromatic carbocycles. The van der Waals surface area contributed by atoms with Crippen LogP contribution in [0.1, 0.15) is 18.4 Å². The number of nitrogens with one attached hydrogen (secondary N) is 1. The van der Waals surface area contributed by atoms with Crippen molar-refractivity contribution in [1.29, 1.82) is 0 Å². The van der Waals surface area contributed by atoms with Crippen molar-refractivity contribution in [3.05, 3.63) is 42.1 Å². The molecule has 24 heavy (non-hydrogen) atoms. The van der Waals surface area contributed by atoms with Crippen LogP contribution < -0.4 is 5.32 Å². The van der Waals surface area contributed by atoms with Gasteiger partial charge in [-0.15, -0.1) is 0 Å². The Morgan fingerprint density at radius 1 is 1.25 bits per heavy atom. The number of nitrogens with zero attached hydrogens (tertiary/aromatic N) is 2. The molecule has 2 N–H and O–H groups in total. The number of aromatic nitrogens is 1. The molecule has 0 unspecified atom stereocenters. The molecule has 0 radical (unpaired) electrons. The van der Waals surface area contributed by atoms with E-state index in [4.69, 9.17) is 0 Å². The van der Waals surface area contributed by atoms with Crippen LogP contribution in [0.4, 0.5) is 0 Å². The topological polar surface area (TPSA) is 65.5 Å². The predicted molar refractivity (Wildman–Crippen MR) is 92.5 cm³/mol. The summed E-state index contributed by atoms with van der Waals surface area (Å²) < 4.78 is 0. The van der Waals surface area contributed by atoms with E-state index in [0.717, 1.165) is 17.3 Å². The highest BCUT2D eigenvalue weighted by molar-refractivity contribution is 5.82. The van der Waals surface area contributed by atoms with Gasteiger partial charge in [-0.2, -0.15) is 0 Å². The molecule has 1 amide bonds. The van der Waals surface area contributed by atoms with E-state index >= 15 is 0 Å². The maximum Gasteiger partial charge on any atom is 0.236 e. The van der Waals surface area contributed by atoms with Gasteiger partial charge in [0.1, 0.15) is 0 Å². The number of rotatable bonds is 5. The van der Waals surface area contributed by atoms with Gasteiger partial charge in [0, 0.05) is 36.6 Å². The van der Waals surface area contributed by atoms with Crippen molar-refractivity contribution in [2.45, 2.75) is 31.4 Å². The van der Waals surface area contributed by atoms with Crippen LogP contribution in [0.5, 0.6) is 0 Å². The van der Waals surface area contributed by atoms with Crippen molar-refractivity contribution in [3.63, 3.8) is 0 Å². The van der Waals surface area contributed by atoms with Crippen molar-refractivity contribution in [2.75, 3.05) is 19.6 Å². The number of aliphatic hydroxyl groups is 1. The van der Waals surface area contributed by atoms with Crippen LogP contribution in [0.3, 0.4) is 0 Å². The van der Waals surface area contributed by atoms with E-state index in [2.05, 4.69) is 16.4 Å². The van der Waals surface area contributed by atoms with Crippen molar-refractivity contribution >= 4 is 16.8 Å². The third-order valence-corrected chi connectivity index (χ3v) is 5.10.